The van der Waals surface area contributed by atoms with Crippen LogP contribution in [-0.4, -0.2) is 59.4 Å². The van der Waals surface area contributed by atoms with E-state index in [2.05, 4.69) is 10.2 Å². The molecule has 0 saturated carbocycles. The number of carbonyl (C=O) groups is 1. The topological polar surface area (TPSA) is 69.6 Å². The zero-order chi connectivity index (χ0) is 16.5. The number of rotatable bonds is 3. The number of anilines is 1. The van der Waals surface area contributed by atoms with Gasteiger partial charge in [-0.1, -0.05) is 0 Å². The molecule has 1 aliphatic heterocycles. The van der Waals surface area contributed by atoms with Crippen molar-refractivity contribution in [2.45, 2.75) is 18.7 Å². The molecule has 6 nitrogen and oxygen atoms in total. The molecule has 1 amide bonds. The van der Waals surface area contributed by atoms with Crippen LogP contribution in [-0.2, 0) is 11.0 Å². The zero-order valence-electron chi connectivity index (χ0n) is 12.2. The number of nitrogens with zero attached hydrogens (tertiary/aromatic N) is 4. The number of hydrogen-bond donors (Lipinski definition) is 1. The minimum absolute atomic E-state index is 0.00680. The lowest BCUT2D eigenvalue weighted by atomic mass is 10.0. The molecule has 122 valence electrons. The van der Waals surface area contributed by atoms with Crippen molar-refractivity contribution in [3.05, 3.63) is 17.8 Å². The number of aliphatic hydroxyl groups excluding tert-OH is 1. The first-order valence-corrected chi connectivity index (χ1v) is 6.72. The highest BCUT2D eigenvalue weighted by Crippen LogP contribution is 2.36. The highest BCUT2D eigenvalue weighted by atomic mass is 19.4. The first-order valence-electron chi connectivity index (χ1n) is 6.72. The molecule has 0 unspecified atom stereocenters. The highest BCUT2D eigenvalue weighted by Gasteiger charge is 2.40. The van der Waals surface area contributed by atoms with Gasteiger partial charge in [0, 0.05) is 39.5 Å². The third-order valence-electron chi connectivity index (χ3n) is 3.65. The molecular weight excluding hydrogens is 301 g/mol. The molecule has 0 aliphatic carbocycles. The lowest BCUT2D eigenvalue weighted by Crippen LogP contribution is -2.28. The van der Waals surface area contributed by atoms with Crippen LogP contribution in [0.5, 0.6) is 0 Å². The molecule has 9 heteroatoms. The quantitative estimate of drug-likeness (QED) is 0.891. The molecule has 1 saturated heterocycles. The Bertz CT molecular complexity index is 550. The first kappa shape index (κ1) is 16.5. The van der Waals surface area contributed by atoms with Crippen LogP contribution in [0.4, 0.5) is 19.0 Å². The second kappa shape index (κ2) is 6.07. The van der Waals surface area contributed by atoms with Gasteiger partial charge in [0.1, 0.15) is 5.56 Å². The van der Waals surface area contributed by atoms with Gasteiger partial charge in [-0.05, 0) is 6.07 Å². The normalized spacial score (nSPS) is 22.0. The number of halogens is 3. The van der Waals surface area contributed by atoms with Crippen molar-refractivity contribution in [2.75, 3.05) is 32.1 Å². The van der Waals surface area contributed by atoms with Crippen molar-refractivity contribution in [3.8, 4) is 0 Å². The Morgan fingerprint density at radius 2 is 2.14 bits per heavy atom. The van der Waals surface area contributed by atoms with Gasteiger partial charge < -0.3 is 14.9 Å². The maximum absolute atomic E-state index is 13.0. The van der Waals surface area contributed by atoms with E-state index >= 15 is 0 Å². The SMILES string of the molecule is CN(C)C(=O)C[C@@H]1CN(c2nnccc2C(F)(F)F)C[C@H]1O. The fourth-order valence-electron chi connectivity index (χ4n) is 2.41. The van der Waals surface area contributed by atoms with Crippen molar-refractivity contribution in [2.24, 2.45) is 5.92 Å². The number of hydrogen-bond acceptors (Lipinski definition) is 5. The monoisotopic (exact) mass is 318 g/mol. The smallest absolute Gasteiger partial charge is 0.391 e. The number of amides is 1. The summed E-state index contributed by atoms with van der Waals surface area (Å²) < 4.78 is 39.0. The second-order valence-corrected chi connectivity index (χ2v) is 5.49. The zero-order valence-corrected chi connectivity index (χ0v) is 12.2. The third-order valence-corrected chi connectivity index (χ3v) is 3.65. The van der Waals surface area contributed by atoms with Crippen LogP contribution in [0, 0.1) is 5.92 Å². The van der Waals surface area contributed by atoms with Gasteiger partial charge in [-0.25, -0.2) is 0 Å². The molecule has 2 heterocycles. The van der Waals surface area contributed by atoms with E-state index in [0.29, 0.717) is 0 Å². The molecular formula is C13H17F3N4O2. The molecule has 2 atom stereocenters. The average molecular weight is 318 g/mol. The molecule has 2 rings (SSSR count). The predicted molar refractivity (Wildman–Crippen MR) is 72.1 cm³/mol. The number of aliphatic hydroxyl groups is 1. The van der Waals surface area contributed by atoms with E-state index in [0.717, 1.165) is 12.3 Å². The molecule has 0 bridgehead atoms. The molecule has 1 N–H and O–H groups in total. The summed E-state index contributed by atoms with van der Waals surface area (Å²) in [5.41, 5.74) is -0.894. The molecule has 1 fully saturated rings. The van der Waals surface area contributed by atoms with Crippen molar-refractivity contribution in [1.82, 2.24) is 15.1 Å². The molecule has 0 aromatic carbocycles. The van der Waals surface area contributed by atoms with Crippen LogP contribution < -0.4 is 4.90 Å². The van der Waals surface area contributed by atoms with Gasteiger partial charge in [0.15, 0.2) is 5.82 Å². The van der Waals surface area contributed by atoms with Crippen molar-refractivity contribution >= 4 is 11.7 Å². The highest BCUT2D eigenvalue weighted by molar-refractivity contribution is 5.76. The van der Waals surface area contributed by atoms with E-state index in [9.17, 15) is 23.1 Å². The van der Waals surface area contributed by atoms with Crippen molar-refractivity contribution in [3.63, 3.8) is 0 Å². The third kappa shape index (κ3) is 3.46. The predicted octanol–water partition coefficient (Wildman–Crippen LogP) is 0.771. The molecule has 0 spiro atoms. The van der Waals surface area contributed by atoms with Crippen LogP contribution in [0.25, 0.3) is 0 Å². The lowest BCUT2D eigenvalue weighted by molar-refractivity contribution is -0.137. The van der Waals surface area contributed by atoms with Crippen molar-refractivity contribution < 1.29 is 23.1 Å². The molecule has 0 radical (unpaired) electrons. The average Bonchev–Trinajstić information content (AvgIpc) is 2.79. The van der Waals surface area contributed by atoms with E-state index in [1.807, 2.05) is 0 Å². The number of β-amino-alcohol motifs (C(OH)–C–C–N with tert-alkyl or cyclic N) is 1. The summed E-state index contributed by atoms with van der Waals surface area (Å²) in [6.07, 6.45) is -4.38. The fourth-order valence-corrected chi connectivity index (χ4v) is 2.41. The maximum atomic E-state index is 13.0. The van der Waals surface area contributed by atoms with E-state index in [1.165, 1.54) is 9.80 Å². The van der Waals surface area contributed by atoms with E-state index in [-0.39, 0.29) is 31.2 Å². The number of aromatic nitrogens is 2. The Hall–Kier alpha value is -1.90. The standard InChI is InChI=1S/C13H17F3N4O2/c1-19(2)11(22)5-8-6-20(7-10(8)21)12-9(13(14,15)16)3-4-17-18-12/h3-4,8,10,21H,5-7H2,1-2H3/t8-,10-/m1/s1. The van der Waals surface area contributed by atoms with Crippen LogP contribution >= 0.6 is 0 Å². The summed E-state index contributed by atoms with van der Waals surface area (Å²) in [6.45, 7) is 0.121. The van der Waals surface area contributed by atoms with Gasteiger partial charge in [0.05, 0.1) is 12.3 Å². The molecule has 1 aromatic rings. The van der Waals surface area contributed by atoms with Gasteiger partial charge in [0.25, 0.3) is 0 Å². The Morgan fingerprint density at radius 3 is 2.73 bits per heavy atom. The Morgan fingerprint density at radius 1 is 1.45 bits per heavy atom. The Balaban J connectivity index is 2.18. The van der Waals surface area contributed by atoms with Crippen LogP contribution in [0.15, 0.2) is 12.3 Å². The van der Waals surface area contributed by atoms with Crippen LogP contribution in [0.1, 0.15) is 12.0 Å². The van der Waals surface area contributed by atoms with Crippen LogP contribution in [0.3, 0.4) is 0 Å². The summed E-state index contributed by atoms with van der Waals surface area (Å²) in [4.78, 5) is 14.4. The van der Waals surface area contributed by atoms with Gasteiger partial charge in [-0.2, -0.15) is 18.3 Å². The summed E-state index contributed by atoms with van der Waals surface area (Å²) in [5, 5.41) is 17.1. The summed E-state index contributed by atoms with van der Waals surface area (Å²) in [7, 11) is 3.18. The van der Waals surface area contributed by atoms with Gasteiger partial charge in [0.2, 0.25) is 5.91 Å². The lowest BCUT2D eigenvalue weighted by Gasteiger charge is -2.20. The van der Waals surface area contributed by atoms with Gasteiger partial charge >= 0.3 is 6.18 Å². The maximum Gasteiger partial charge on any atom is 0.420 e. The number of alkyl halides is 3. The van der Waals surface area contributed by atoms with E-state index in [1.54, 1.807) is 14.1 Å². The first-order chi connectivity index (χ1) is 10.2. The fraction of sp³-hybridized carbons (Fsp3) is 0.615. The molecule has 22 heavy (non-hydrogen) atoms. The minimum atomic E-state index is -4.55. The van der Waals surface area contributed by atoms with E-state index in [4.69, 9.17) is 0 Å². The largest absolute Gasteiger partial charge is 0.420 e. The number of carbonyl (C=O) groups excluding carboxylic acids is 1. The Kier molecular flexibility index (Phi) is 4.55. The summed E-state index contributed by atoms with van der Waals surface area (Å²) in [5.74, 6) is -0.923. The molecule has 1 aromatic heterocycles. The van der Waals surface area contributed by atoms with Crippen LogP contribution in [0.2, 0.25) is 0 Å². The Labute approximate surface area is 125 Å². The van der Waals surface area contributed by atoms with E-state index < -0.39 is 23.8 Å². The second-order valence-electron chi connectivity index (χ2n) is 5.49. The minimum Gasteiger partial charge on any atom is -0.391 e. The van der Waals surface area contributed by atoms with Gasteiger partial charge in [-0.3, -0.25) is 4.79 Å². The summed E-state index contributed by atoms with van der Waals surface area (Å²) in [6, 6.07) is 0.854. The summed E-state index contributed by atoms with van der Waals surface area (Å²) >= 11 is 0. The van der Waals surface area contributed by atoms with Crippen molar-refractivity contribution in [1.29, 1.82) is 0 Å². The van der Waals surface area contributed by atoms with Gasteiger partial charge in [-0.15, -0.1) is 5.10 Å². The molecule has 1 aliphatic rings.